The number of aryl methyl sites for hydroxylation is 2. The van der Waals surface area contributed by atoms with Gasteiger partial charge in [-0.1, -0.05) is 0 Å². The third kappa shape index (κ3) is 2.62. The molecule has 0 saturated heterocycles. The summed E-state index contributed by atoms with van der Waals surface area (Å²) in [5.74, 6) is -0.652. The highest BCUT2D eigenvalue weighted by molar-refractivity contribution is 6.07. The average Bonchev–Trinajstić information content (AvgIpc) is 1.99. The van der Waals surface area contributed by atoms with E-state index in [1.807, 2.05) is 0 Å². The second kappa shape index (κ2) is 4.21. The number of ketones is 2. The van der Waals surface area contributed by atoms with Crippen molar-refractivity contribution in [3.8, 4) is 0 Å². The van der Waals surface area contributed by atoms with Crippen LogP contribution in [-0.4, -0.2) is 16.6 Å². The van der Waals surface area contributed by atoms with E-state index in [1.54, 1.807) is 19.9 Å². The van der Waals surface area contributed by atoms with Crippen LogP contribution in [0.2, 0.25) is 0 Å². The molecule has 1 aromatic heterocycles. The number of Topliss-reactive ketones (excluding diaryl/α,β-unsaturated/α-hetero) is 2. The maximum atomic E-state index is 11.6. The number of aromatic amines is 1. The molecule has 0 spiro atoms. The smallest absolute Gasteiger partial charge is 0.259 e. The summed E-state index contributed by atoms with van der Waals surface area (Å²) in [6, 6.07) is 1.72. The van der Waals surface area contributed by atoms with Gasteiger partial charge in [0, 0.05) is 5.69 Å². The Bertz CT molecular complexity index is 471. The Balaban J connectivity index is 3.20. The Hall–Kier alpha value is -1.71. The minimum atomic E-state index is -0.418. The molecule has 15 heavy (non-hydrogen) atoms. The Morgan fingerprint density at radius 2 is 1.93 bits per heavy atom. The van der Waals surface area contributed by atoms with Crippen LogP contribution in [0, 0.1) is 13.8 Å². The van der Waals surface area contributed by atoms with Crippen LogP contribution < -0.4 is 5.56 Å². The minimum Gasteiger partial charge on any atom is -0.326 e. The standard InChI is InChI=1S/C11H13NO3/c1-6-4-7(2)12-11(15)10(6)9(14)5-8(3)13/h4H,5H2,1-3H3,(H,12,15). The van der Waals surface area contributed by atoms with Gasteiger partial charge < -0.3 is 4.98 Å². The van der Waals surface area contributed by atoms with Crippen LogP contribution in [0.4, 0.5) is 0 Å². The van der Waals surface area contributed by atoms with Gasteiger partial charge >= 0.3 is 0 Å². The largest absolute Gasteiger partial charge is 0.326 e. The fourth-order valence-corrected chi connectivity index (χ4v) is 1.51. The van der Waals surface area contributed by atoms with E-state index in [0.29, 0.717) is 11.3 Å². The van der Waals surface area contributed by atoms with E-state index in [4.69, 9.17) is 0 Å². The molecule has 0 amide bonds. The number of hydrogen-bond acceptors (Lipinski definition) is 3. The van der Waals surface area contributed by atoms with Crippen LogP contribution >= 0.6 is 0 Å². The molecule has 1 N–H and O–H groups in total. The van der Waals surface area contributed by atoms with Gasteiger partial charge in [-0.3, -0.25) is 14.4 Å². The second-order valence-electron chi connectivity index (χ2n) is 3.64. The van der Waals surface area contributed by atoms with Gasteiger partial charge in [0.1, 0.15) is 5.78 Å². The molecule has 0 saturated carbocycles. The summed E-state index contributed by atoms with van der Waals surface area (Å²) in [7, 11) is 0. The molecular formula is C11H13NO3. The van der Waals surface area contributed by atoms with Gasteiger partial charge in [0.15, 0.2) is 5.78 Å². The summed E-state index contributed by atoms with van der Waals surface area (Å²) < 4.78 is 0. The van der Waals surface area contributed by atoms with Crippen molar-refractivity contribution < 1.29 is 9.59 Å². The summed E-state index contributed by atoms with van der Waals surface area (Å²) in [4.78, 5) is 36.4. The van der Waals surface area contributed by atoms with Crippen molar-refractivity contribution in [3.63, 3.8) is 0 Å². The van der Waals surface area contributed by atoms with Crippen molar-refractivity contribution in [1.29, 1.82) is 0 Å². The van der Waals surface area contributed by atoms with Crippen molar-refractivity contribution in [2.45, 2.75) is 27.2 Å². The van der Waals surface area contributed by atoms with Crippen molar-refractivity contribution >= 4 is 11.6 Å². The summed E-state index contributed by atoms with van der Waals surface area (Å²) >= 11 is 0. The van der Waals surface area contributed by atoms with E-state index >= 15 is 0 Å². The van der Waals surface area contributed by atoms with Crippen LogP contribution in [0.3, 0.4) is 0 Å². The first-order chi connectivity index (χ1) is 6.91. The first-order valence-corrected chi connectivity index (χ1v) is 4.65. The molecule has 1 rings (SSSR count). The Kier molecular flexibility index (Phi) is 3.19. The third-order valence-electron chi connectivity index (χ3n) is 2.05. The molecular weight excluding hydrogens is 194 g/mol. The topological polar surface area (TPSA) is 67.0 Å². The van der Waals surface area contributed by atoms with Gasteiger partial charge in [0.2, 0.25) is 0 Å². The first-order valence-electron chi connectivity index (χ1n) is 4.65. The maximum Gasteiger partial charge on any atom is 0.259 e. The van der Waals surface area contributed by atoms with Gasteiger partial charge in [-0.15, -0.1) is 0 Å². The molecule has 4 heteroatoms. The predicted octanol–water partition coefficient (Wildman–Crippen LogP) is 1.15. The lowest BCUT2D eigenvalue weighted by atomic mass is 10.0. The number of nitrogens with one attached hydrogen (secondary N) is 1. The van der Waals surface area contributed by atoms with Crippen molar-refractivity contribution in [2.24, 2.45) is 0 Å². The second-order valence-corrected chi connectivity index (χ2v) is 3.64. The van der Waals surface area contributed by atoms with Gasteiger partial charge in [0.25, 0.3) is 5.56 Å². The lowest BCUT2D eigenvalue weighted by Crippen LogP contribution is -2.21. The summed E-state index contributed by atoms with van der Waals surface area (Å²) in [5.41, 5.74) is 0.994. The summed E-state index contributed by atoms with van der Waals surface area (Å²) in [5, 5.41) is 0. The molecule has 0 atom stereocenters. The van der Waals surface area contributed by atoms with E-state index < -0.39 is 11.3 Å². The molecule has 1 heterocycles. The molecule has 0 unspecified atom stereocenters. The first kappa shape index (κ1) is 11.4. The zero-order chi connectivity index (χ0) is 11.6. The fourth-order valence-electron chi connectivity index (χ4n) is 1.51. The summed E-state index contributed by atoms with van der Waals surface area (Å²) in [6.07, 6.45) is -0.215. The van der Waals surface area contributed by atoms with Gasteiger partial charge in [-0.25, -0.2) is 0 Å². The number of rotatable bonds is 3. The summed E-state index contributed by atoms with van der Waals surface area (Å²) in [6.45, 7) is 4.76. The third-order valence-corrected chi connectivity index (χ3v) is 2.05. The highest BCUT2D eigenvalue weighted by Gasteiger charge is 2.15. The SMILES string of the molecule is CC(=O)CC(=O)c1c(C)cc(C)[nH]c1=O. The maximum absolute atomic E-state index is 11.6. The van der Waals surface area contributed by atoms with E-state index in [2.05, 4.69) is 4.98 Å². The van der Waals surface area contributed by atoms with Crippen molar-refractivity contribution in [2.75, 3.05) is 0 Å². The van der Waals surface area contributed by atoms with Crippen LogP contribution in [0.1, 0.15) is 35.0 Å². The monoisotopic (exact) mass is 207 g/mol. The number of carbonyl (C=O) groups is 2. The molecule has 0 aromatic carbocycles. The normalized spacial score (nSPS) is 10.1. The van der Waals surface area contributed by atoms with E-state index in [9.17, 15) is 14.4 Å². The highest BCUT2D eigenvalue weighted by Crippen LogP contribution is 2.06. The fraction of sp³-hybridized carbons (Fsp3) is 0.364. The Labute approximate surface area is 87.3 Å². The molecule has 0 aliphatic carbocycles. The van der Waals surface area contributed by atoms with Crippen LogP contribution in [0.15, 0.2) is 10.9 Å². The predicted molar refractivity (Wildman–Crippen MR) is 56.2 cm³/mol. The Morgan fingerprint density at radius 3 is 2.40 bits per heavy atom. The zero-order valence-electron chi connectivity index (χ0n) is 9.01. The van der Waals surface area contributed by atoms with E-state index in [1.165, 1.54) is 6.92 Å². The zero-order valence-corrected chi connectivity index (χ0v) is 9.01. The molecule has 80 valence electrons. The molecule has 0 aliphatic heterocycles. The average molecular weight is 207 g/mol. The number of aromatic nitrogens is 1. The quantitative estimate of drug-likeness (QED) is 0.597. The number of H-pyrrole nitrogens is 1. The van der Waals surface area contributed by atoms with Crippen LogP contribution in [0.25, 0.3) is 0 Å². The van der Waals surface area contributed by atoms with Crippen LogP contribution in [0.5, 0.6) is 0 Å². The van der Waals surface area contributed by atoms with Crippen molar-refractivity contribution in [1.82, 2.24) is 4.98 Å². The number of carbonyl (C=O) groups excluding carboxylic acids is 2. The van der Waals surface area contributed by atoms with Crippen molar-refractivity contribution in [3.05, 3.63) is 33.2 Å². The molecule has 0 bridgehead atoms. The van der Waals surface area contributed by atoms with E-state index in [0.717, 1.165) is 0 Å². The molecule has 4 nitrogen and oxygen atoms in total. The molecule has 0 fully saturated rings. The Morgan fingerprint density at radius 1 is 1.33 bits per heavy atom. The molecule has 0 radical (unpaired) electrons. The molecule has 0 aliphatic rings. The minimum absolute atomic E-state index is 0.0933. The van der Waals surface area contributed by atoms with Crippen LogP contribution in [-0.2, 0) is 4.79 Å². The number of hydrogen-bond donors (Lipinski definition) is 1. The van der Waals surface area contributed by atoms with E-state index in [-0.39, 0.29) is 17.8 Å². The van der Waals surface area contributed by atoms with Gasteiger partial charge in [-0.05, 0) is 32.4 Å². The number of pyridine rings is 1. The lowest BCUT2D eigenvalue weighted by molar-refractivity contribution is -0.116. The molecule has 1 aromatic rings. The van der Waals surface area contributed by atoms with Gasteiger partial charge in [-0.2, -0.15) is 0 Å². The highest BCUT2D eigenvalue weighted by atomic mass is 16.2. The van der Waals surface area contributed by atoms with Gasteiger partial charge in [0.05, 0.1) is 12.0 Å². The lowest BCUT2D eigenvalue weighted by Gasteiger charge is -2.03.